The Morgan fingerprint density at radius 1 is 1.08 bits per heavy atom. The fourth-order valence-corrected chi connectivity index (χ4v) is 0.702. The predicted octanol–water partition coefficient (Wildman–Crippen LogP) is 2.76. The molecule has 0 aromatic heterocycles. The van der Waals surface area contributed by atoms with Crippen LogP contribution in [0.2, 0.25) is 0 Å². The first kappa shape index (κ1) is 11.9. The molecule has 74 valence electrons. The Balaban J connectivity index is 3.80. The van der Waals surface area contributed by atoms with E-state index < -0.39 is 6.17 Å². The topological polar surface area (TPSA) is 12.0 Å². The van der Waals surface area contributed by atoms with Crippen LogP contribution in [0.3, 0.4) is 0 Å². The van der Waals surface area contributed by atoms with E-state index in [9.17, 15) is 4.39 Å². The van der Waals surface area contributed by atoms with Gasteiger partial charge in [0.05, 0.1) is 0 Å². The maximum absolute atomic E-state index is 13.4. The first-order valence-electron chi connectivity index (χ1n) is 4.52. The first-order valence-corrected chi connectivity index (χ1v) is 4.52. The maximum atomic E-state index is 13.4. The lowest BCUT2D eigenvalue weighted by Gasteiger charge is -2.28. The van der Waals surface area contributed by atoms with Crippen LogP contribution in [0.5, 0.6) is 0 Å². The van der Waals surface area contributed by atoms with E-state index in [0.29, 0.717) is 6.54 Å². The van der Waals surface area contributed by atoms with Gasteiger partial charge >= 0.3 is 0 Å². The lowest BCUT2D eigenvalue weighted by molar-refractivity contribution is 0.149. The van der Waals surface area contributed by atoms with E-state index in [-0.39, 0.29) is 11.0 Å². The fourth-order valence-electron chi connectivity index (χ4n) is 0.702. The summed E-state index contributed by atoms with van der Waals surface area (Å²) in [6.45, 7) is 12.3. The second-order valence-corrected chi connectivity index (χ2v) is 5.46. The van der Waals surface area contributed by atoms with Crippen molar-refractivity contribution >= 4 is 0 Å². The van der Waals surface area contributed by atoms with Gasteiger partial charge in [0.25, 0.3) is 0 Å². The van der Waals surface area contributed by atoms with E-state index in [1.807, 2.05) is 41.5 Å². The highest BCUT2D eigenvalue weighted by Gasteiger charge is 2.25. The zero-order valence-corrected chi connectivity index (χ0v) is 9.16. The summed E-state index contributed by atoms with van der Waals surface area (Å²) in [5.74, 6) is 0. The molecule has 0 aliphatic rings. The summed E-state index contributed by atoms with van der Waals surface area (Å²) in [4.78, 5) is 0. The molecule has 1 unspecified atom stereocenters. The molecule has 1 N–H and O–H groups in total. The van der Waals surface area contributed by atoms with Gasteiger partial charge in [-0.2, -0.15) is 0 Å². The van der Waals surface area contributed by atoms with Crippen LogP contribution in [-0.4, -0.2) is 18.3 Å². The third-order valence-corrected chi connectivity index (χ3v) is 1.75. The summed E-state index contributed by atoms with van der Waals surface area (Å²) in [6.07, 6.45) is -0.781. The van der Waals surface area contributed by atoms with Gasteiger partial charge in [-0.15, -0.1) is 0 Å². The van der Waals surface area contributed by atoms with Crippen molar-refractivity contribution in [1.29, 1.82) is 0 Å². The van der Waals surface area contributed by atoms with Gasteiger partial charge in [-0.25, -0.2) is 4.39 Å². The average molecular weight is 175 g/mol. The normalized spacial score (nSPS) is 16.2. The van der Waals surface area contributed by atoms with Gasteiger partial charge in [0.15, 0.2) is 0 Å². The van der Waals surface area contributed by atoms with Crippen molar-refractivity contribution in [2.45, 2.75) is 53.3 Å². The minimum absolute atomic E-state index is 0.00951. The molecule has 0 heterocycles. The van der Waals surface area contributed by atoms with Crippen LogP contribution in [0.4, 0.5) is 4.39 Å². The monoisotopic (exact) mass is 175 g/mol. The quantitative estimate of drug-likeness (QED) is 0.680. The number of hydrogen-bond donors (Lipinski definition) is 1. The zero-order chi connectivity index (χ0) is 9.99. The summed E-state index contributed by atoms with van der Waals surface area (Å²) < 4.78 is 13.4. The van der Waals surface area contributed by atoms with Gasteiger partial charge in [0.2, 0.25) is 0 Å². The van der Waals surface area contributed by atoms with Crippen LogP contribution < -0.4 is 5.32 Å². The van der Waals surface area contributed by atoms with E-state index in [0.717, 1.165) is 0 Å². The van der Waals surface area contributed by atoms with Gasteiger partial charge in [-0.05, 0) is 26.2 Å². The number of halogens is 1. The molecule has 0 spiro atoms. The Labute approximate surface area is 75.7 Å². The number of hydrogen-bond acceptors (Lipinski definition) is 1. The van der Waals surface area contributed by atoms with E-state index >= 15 is 0 Å². The Kier molecular flexibility index (Phi) is 3.70. The Bertz CT molecular complexity index is 130. The van der Waals surface area contributed by atoms with Gasteiger partial charge in [-0.3, -0.25) is 0 Å². The molecule has 1 nitrogen and oxygen atoms in total. The molecule has 1 atom stereocenters. The molecule has 0 bridgehead atoms. The van der Waals surface area contributed by atoms with Crippen molar-refractivity contribution in [2.24, 2.45) is 5.41 Å². The molecule has 0 aliphatic carbocycles. The summed E-state index contributed by atoms with van der Waals surface area (Å²) in [5, 5.41) is 3.15. The fraction of sp³-hybridized carbons (Fsp3) is 1.00. The lowest BCUT2D eigenvalue weighted by atomic mass is 9.90. The van der Waals surface area contributed by atoms with Crippen molar-refractivity contribution in [2.75, 3.05) is 6.54 Å². The molecule has 0 saturated heterocycles. The summed E-state index contributed by atoms with van der Waals surface area (Å²) in [5.41, 5.74) is -0.242. The minimum atomic E-state index is -0.781. The molecule has 0 rings (SSSR count). The number of nitrogens with one attached hydrogen (secondary N) is 1. The largest absolute Gasteiger partial charge is 0.309 e. The van der Waals surface area contributed by atoms with Gasteiger partial charge in [0.1, 0.15) is 6.17 Å². The molecule has 12 heavy (non-hydrogen) atoms. The van der Waals surface area contributed by atoms with Crippen LogP contribution in [0.25, 0.3) is 0 Å². The van der Waals surface area contributed by atoms with Crippen LogP contribution in [0.15, 0.2) is 0 Å². The van der Waals surface area contributed by atoms with Gasteiger partial charge in [0, 0.05) is 12.1 Å². The standard InChI is InChI=1S/C10H22FN/c1-9(2,3)8(11)7-12-10(4,5)6/h8,12H,7H2,1-6H3. The first-order chi connectivity index (χ1) is 5.13. The van der Waals surface area contributed by atoms with Crippen LogP contribution >= 0.6 is 0 Å². The Hall–Kier alpha value is -0.110. The second kappa shape index (κ2) is 3.73. The van der Waals surface area contributed by atoms with Crippen LogP contribution in [0, 0.1) is 5.41 Å². The molecule has 0 saturated carbocycles. The van der Waals surface area contributed by atoms with Crippen molar-refractivity contribution in [3.63, 3.8) is 0 Å². The molecule has 0 fully saturated rings. The lowest BCUT2D eigenvalue weighted by Crippen LogP contribution is -2.43. The van der Waals surface area contributed by atoms with Crippen LogP contribution in [-0.2, 0) is 0 Å². The molecule has 0 aliphatic heterocycles. The Morgan fingerprint density at radius 3 is 1.75 bits per heavy atom. The summed E-state index contributed by atoms with van der Waals surface area (Å²) in [6, 6.07) is 0. The van der Waals surface area contributed by atoms with E-state index in [1.54, 1.807) is 0 Å². The van der Waals surface area contributed by atoms with Crippen molar-refractivity contribution in [1.82, 2.24) is 5.32 Å². The van der Waals surface area contributed by atoms with Gasteiger partial charge < -0.3 is 5.32 Å². The molecule has 0 aromatic carbocycles. The Morgan fingerprint density at radius 2 is 1.50 bits per heavy atom. The highest BCUT2D eigenvalue weighted by Crippen LogP contribution is 2.21. The molecule has 0 radical (unpaired) electrons. The third-order valence-electron chi connectivity index (χ3n) is 1.75. The van der Waals surface area contributed by atoms with Gasteiger partial charge in [-0.1, -0.05) is 20.8 Å². The van der Waals surface area contributed by atoms with E-state index in [2.05, 4.69) is 5.32 Å². The van der Waals surface area contributed by atoms with E-state index in [1.165, 1.54) is 0 Å². The highest BCUT2D eigenvalue weighted by atomic mass is 19.1. The van der Waals surface area contributed by atoms with Crippen molar-refractivity contribution in [3.8, 4) is 0 Å². The zero-order valence-electron chi connectivity index (χ0n) is 9.16. The highest BCUT2D eigenvalue weighted by molar-refractivity contribution is 4.79. The molecule has 2 heteroatoms. The average Bonchev–Trinajstić information content (AvgIpc) is 1.78. The molecule has 0 amide bonds. The summed E-state index contributed by atoms with van der Waals surface area (Å²) in [7, 11) is 0. The third kappa shape index (κ3) is 5.53. The van der Waals surface area contributed by atoms with Crippen molar-refractivity contribution in [3.05, 3.63) is 0 Å². The van der Waals surface area contributed by atoms with Crippen molar-refractivity contribution < 1.29 is 4.39 Å². The smallest absolute Gasteiger partial charge is 0.117 e. The number of rotatable bonds is 2. The van der Waals surface area contributed by atoms with Crippen LogP contribution in [0.1, 0.15) is 41.5 Å². The predicted molar refractivity (Wildman–Crippen MR) is 52.1 cm³/mol. The SMILES string of the molecule is CC(C)(C)NCC(F)C(C)(C)C. The minimum Gasteiger partial charge on any atom is -0.309 e. The number of alkyl halides is 1. The maximum Gasteiger partial charge on any atom is 0.117 e. The molecular weight excluding hydrogens is 153 g/mol. The molecular formula is C10H22FN. The summed E-state index contributed by atoms with van der Waals surface area (Å²) >= 11 is 0. The van der Waals surface area contributed by atoms with E-state index in [4.69, 9.17) is 0 Å². The second-order valence-electron chi connectivity index (χ2n) is 5.46. The molecule has 0 aromatic rings.